The fourth-order valence-electron chi connectivity index (χ4n) is 3.27. The van der Waals surface area contributed by atoms with Gasteiger partial charge in [0.1, 0.15) is 0 Å². The van der Waals surface area contributed by atoms with E-state index in [2.05, 4.69) is 4.98 Å². The number of nitrogens with zero attached hydrogens (tertiary/aromatic N) is 4. The molecule has 0 spiro atoms. The lowest BCUT2D eigenvalue weighted by molar-refractivity contribution is -0.127. The van der Waals surface area contributed by atoms with E-state index < -0.39 is 0 Å². The number of pyridine rings is 1. The zero-order valence-electron chi connectivity index (χ0n) is 17.7. The van der Waals surface area contributed by atoms with Crippen molar-refractivity contribution < 1.29 is 4.79 Å². The van der Waals surface area contributed by atoms with Crippen LogP contribution in [0.3, 0.4) is 0 Å². The number of hydrogen-bond donors (Lipinski definition) is 0. The number of thioether (sulfide) groups is 1. The summed E-state index contributed by atoms with van der Waals surface area (Å²) in [6.45, 7) is 0.466. The largest absolute Gasteiger partial charge is 0.341 e. The Morgan fingerprint density at radius 2 is 1.78 bits per heavy atom. The summed E-state index contributed by atoms with van der Waals surface area (Å²) in [7, 11) is 1.83. The van der Waals surface area contributed by atoms with Crippen LogP contribution >= 0.6 is 23.4 Å². The monoisotopic (exact) mass is 462 g/mol. The van der Waals surface area contributed by atoms with Gasteiger partial charge in [0.15, 0.2) is 0 Å². The van der Waals surface area contributed by atoms with Crippen molar-refractivity contribution in [2.75, 3.05) is 12.8 Å². The van der Waals surface area contributed by atoms with Crippen LogP contribution in [0.25, 0.3) is 16.9 Å². The number of rotatable bonds is 8. The third-order valence-electron chi connectivity index (χ3n) is 4.96. The SMILES string of the molecule is CN(Cc1cn(-c2ccccc2)nc1-c1ccc(Cl)cc1)C(=O)CSCc1ccccn1. The Balaban J connectivity index is 1.50. The summed E-state index contributed by atoms with van der Waals surface area (Å²) in [4.78, 5) is 18.8. The van der Waals surface area contributed by atoms with Crippen molar-refractivity contribution >= 4 is 29.3 Å². The Kier molecular flexibility index (Phi) is 7.24. The van der Waals surface area contributed by atoms with E-state index in [0.717, 1.165) is 28.2 Å². The second-order valence-electron chi connectivity index (χ2n) is 7.35. The molecule has 0 N–H and O–H groups in total. The molecule has 5 nitrogen and oxygen atoms in total. The molecule has 0 unspecified atom stereocenters. The van der Waals surface area contributed by atoms with Gasteiger partial charge >= 0.3 is 0 Å². The van der Waals surface area contributed by atoms with Crippen LogP contribution in [0.4, 0.5) is 0 Å². The molecule has 2 heterocycles. The number of aromatic nitrogens is 3. The van der Waals surface area contributed by atoms with Crippen LogP contribution in [-0.2, 0) is 17.1 Å². The number of hydrogen-bond acceptors (Lipinski definition) is 4. The molecule has 0 aliphatic carbocycles. The third-order valence-corrected chi connectivity index (χ3v) is 6.17. The van der Waals surface area contributed by atoms with E-state index >= 15 is 0 Å². The summed E-state index contributed by atoms with van der Waals surface area (Å²) in [5, 5.41) is 5.49. The van der Waals surface area contributed by atoms with Gasteiger partial charge in [-0.2, -0.15) is 5.10 Å². The summed E-state index contributed by atoms with van der Waals surface area (Å²) in [5.41, 5.74) is 4.72. The van der Waals surface area contributed by atoms with Gasteiger partial charge in [-0.3, -0.25) is 9.78 Å². The number of carbonyl (C=O) groups is 1. The molecule has 32 heavy (non-hydrogen) atoms. The maximum Gasteiger partial charge on any atom is 0.232 e. The van der Waals surface area contributed by atoms with Crippen LogP contribution in [-0.4, -0.2) is 38.4 Å². The van der Waals surface area contributed by atoms with Crippen molar-refractivity contribution in [3.63, 3.8) is 0 Å². The maximum atomic E-state index is 12.7. The Bertz CT molecular complexity index is 1160. The predicted molar refractivity (Wildman–Crippen MR) is 131 cm³/mol. The minimum atomic E-state index is 0.0699. The molecule has 0 aliphatic heterocycles. The average Bonchev–Trinajstić information content (AvgIpc) is 3.24. The highest BCUT2D eigenvalue weighted by molar-refractivity contribution is 7.99. The molecule has 1 amide bonds. The topological polar surface area (TPSA) is 51.0 Å². The first kappa shape index (κ1) is 22.1. The molecule has 2 aromatic carbocycles. The third kappa shape index (κ3) is 5.58. The molecule has 0 atom stereocenters. The summed E-state index contributed by atoms with van der Waals surface area (Å²) in [6, 6.07) is 23.4. The first-order valence-corrected chi connectivity index (χ1v) is 11.7. The van der Waals surface area contributed by atoms with Gasteiger partial charge in [0.05, 0.1) is 22.8 Å². The molecule has 4 aromatic rings. The molecule has 0 bridgehead atoms. The zero-order valence-corrected chi connectivity index (χ0v) is 19.3. The van der Waals surface area contributed by atoms with E-state index in [0.29, 0.717) is 23.1 Å². The highest BCUT2D eigenvalue weighted by Gasteiger charge is 2.17. The smallest absolute Gasteiger partial charge is 0.232 e. The Morgan fingerprint density at radius 3 is 2.50 bits per heavy atom. The fourth-order valence-corrected chi connectivity index (χ4v) is 4.27. The van der Waals surface area contributed by atoms with Gasteiger partial charge in [0, 0.05) is 47.9 Å². The molecule has 0 radical (unpaired) electrons. The first-order chi connectivity index (χ1) is 15.6. The van der Waals surface area contributed by atoms with Crippen molar-refractivity contribution in [3.05, 3.63) is 101 Å². The lowest BCUT2D eigenvalue weighted by Gasteiger charge is -2.17. The highest BCUT2D eigenvalue weighted by Crippen LogP contribution is 2.26. The molecule has 0 saturated heterocycles. The van der Waals surface area contributed by atoms with Gasteiger partial charge < -0.3 is 4.90 Å². The van der Waals surface area contributed by atoms with Crippen LogP contribution in [0.15, 0.2) is 85.2 Å². The summed E-state index contributed by atoms with van der Waals surface area (Å²) in [6.07, 6.45) is 3.76. The molecule has 0 fully saturated rings. The predicted octanol–water partition coefficient (Wildman–Crippen LogP) is 5.48. The van der Waals surface area contributed by atoms with Crippen LogP contribution in [0, 0.1) is 0 Å². The summed E-state index contributed by atoms with van der Waals surface area (Å²) < 4.78 is 1.85. The van der Waals surface area contributed by atoms with Crippen molar-refractivity contribution in [3.8, 4) is 16.9 Å². The van der Waals surface area contributed by atoms with E-state index in [1.54, 1.807) is 22.9 Å². The normalized spacial score (nSPS) is 10.8. The molecular weight excluding hydrogens is 440 g/mol. The molecule has 7 heteroatoms. The van der Waals surface area contributed by atoms with Gasteiger partial charge in [-0.05, 0) is 36.4 Å². The fraction of sp³-hybridized carbons (Fsp3) is 0.160. The van der Waals surface area contributed by atoms with Crippen LogP contribution in [0.1, 0.15) is 11.3 Å². The van der Waals surface area contributed by atoms with Gasteiger partial charge in [-0.25, -0.2) is 4.68 Å². The lowest BCUT2D eigenvalue weighted by Crippen LogP contribution is -2.28. The van der Waals surface area contributed by atoms with Crippen LogP contribution in [0.2, 0.25) is 5.02 Å². The quantitative estimate of drug-likeness (QED) is 0.348. The molecule has 0 saturated carbocycles. The van der Waals surface area contributed by atoms with Crippen molar-refractivity contribution in [2.24, 2.45) is 0 Å². The van der Waals surface area contributed by atoms with Gasteiger partial charge in [-0.1, -0.05) is 48.0 Å². The van der Waals surface area contributed by atoms with Crippen LogP contribution in [0.5, 0.6) is 0 Å². The molecule has 0 aliphatic rings. The minimum Gasteiger partial charge on any atom is -0.341 e. The maximum absolute atomic E-state index is 12.7. The van der Waals surface area contributed by atoms with Gasteiger partial charge in [-0.15, -0.1) is 11.8 Å². The van der Waals surface area contributed by atoms with Crippen LogP contribution < -0.4 is 0 Å². The van der Waals surface area contributed by atoms with Crippen molar-refractivity contribution in [1.82, 2.24) is 19.7 Å². The Morgan fingerprint density at radius 1 is 1.03 bits per heavy atom. The number of carbonyl (C=O) groups excluding carboxylic acids is 1. The van der Waals surface area contributed by atoms with E-state index in [1.807, 2.05) is 90.7 Å². The number of halogens is 1. The van der Waals surface area contributed by atoms with E-state index in [-0.39, 0.29) is 5.91 Å². The zero-order chi connectivity index (χ0) is 22.3. The van der Waals surface area contributed by atoms with Crippen molar-refractivity contribution in [2.45, 2.75) is 12.3 Å². The van der Waals surface area contributed by atoms with Gasteiger partial charge in [0.2, 0.25) is 5.91 Å². The average molecular weight is 463 g/mol. The van der Waals surface area contributed by atoms with E-state index in [4.69, 9.17) is 16.7 Å². The number of para-hydroxylation sites is 1. The summed E-state index contributed by atoms with van der Waals surface area (Å²) >= 11 is 7.64. The lowest BCUT2D eigenvalue weighted by atomic mass is 10.1. The van der Waals surface area contributed by atoms with Gasteiger partial charge in [0.25, 0.3) is 0 Å². The number of benzene rings is 2. The van der Waals surface area contributed by atoms with Crippen molar-refractivity contribution in [1.29, 1.82) is 0 Å². The number of amides is 1. The Labute approximate surface area is 197 Å². The molecular formula is C25H23ClN4OS. The standard InChI is InChI=1S/C25H23ClN4OS/c1-29(24(31)18-32-17-22-7-5-6-14-27-22)15-20-16-30(23-8-3-2-4-9-23)28-25(20)19-10-12-21(26)13-11-19/h2-14,16H,15,17-18H2,1H3. The van der Waals surface area contributed by atoms with E-state index in [1.165, 1.54) is 0 Å². The first-order valence-electron chi connectivity index (χ1n) is 10.2. The highest BCUT2D eigenvalue weighted by atomic mass is 35.5. The summed E-state index contributed by atoms with van der Waals surface area (Å²) in [5.74, 6) is 1.18. The molecule has 2 aromatic heterocycles. The second-order valence-corrected chi connectivity index (χ2v) is 8.78. The minimum absolute atomic E-state index is 0.0699. The van der Waals surface area contributed by atoms with E-state index in [9.17, 15) is 4.79 Å². The molecule has 162 valence electrons. The Hall–Kier alpha value is -3.09. The second kappa shape index (κ2) is 10.5. The molecule has 4 rings (SSSR count).